The van der Waals surface area contributed by atoms with E-state index in [-0.39, 0.29) is 11.7 Å². The third-order valence-electron chi connectivity index (χ3n) is 8.23. The summed E-state index contributed by atoms with van der Waals surface area (Å²) in [5, 5.41) is 11.2. The predicted octanol–water partition coefficient (Wildman–Crippen LogP) is 4.77. The van der Waals surface area contributed by atoms with Crippen molar-refractivity contribution in [2.45, 2.75) is 38.0 Å². The number of halogens is 2. The van der Waals surface area contributed by atoms with E-state index >= 15 is 0 Å². The second-order valence-electron chi connectivity index (χ2n) is 11.1. The van der Waals surface area contributed by atoms with Crippen molar-refractivity contribution in [3.8, 4) is 16.9 Å². The van der Waals surface area contributed by atoms with Gasteiger partial charge >= 0.3 is 6.03 Å². The van der Waals surface area contributed by atoms with Crippen molar-refractivity contribution >= 4 is 22.9 Å². The first-order valence-corrected chi connectivity index (χ1v) is 14.5. The van der Waals surface area contributed by atoms with Gasteiger partial charge in [-0.3, -0.25) is 19.5 Å². The van der Waals surface area contributed by atoms with Crippen LogP contribution >= 0.6 is 0 Å². The lowest BCUT2D eigenvalue weighted by atomic mass is 10.0. The number of urea groups is 1. The van der Waals surface area contributed by atoms with Gasteiger partial charge in [-0.25, -0.2) is 23.2 Å². The van der Waals surface area contributed by atoms with E-state index in [2.05, 4.69) is 15.6 Å². The van der Waals surface area contributed by atoms with E-state index in [4.69, 9.17) is 14.6 Å². The van der Waals surface area contributed by atoms with Gasteiger partial charge in [0, 0.05) is 45.1 Å². The van der Waals surface area contributed by atoms with Crippen molar-refractivity contribution in [1.82, 2.24) is 29.4 Å². The molecule has 0 radical (unpaired) electrons. The molecule has 45 heavy (non-hydrogen) atoms. The molecule has 4 heterocycles. The van der Waals surface area contributed by atoms with Crippen LogP contribution in [-0.4, -0.2) is 56.0 Å². The number of nitrogens with zero attached hydrogens (tertiary/aromatic N) is 5. The first kappa shape index (κ1) is 30.2. The van der Waals surface area contributed by atoms with Gasteiger partial charge in [0.2, 0.25) is 0 Å². The second kappa shape index (κ2) is 12.3. The van der Waals surface area contributed by atoms with Crippen molar-refractivity contribution in [2.24, 2.45) is 14.1 Å². The van der Waals surface area contributed by atoms with E-state index in [1.807, 2.05) is 37.3 Å². The zero-order valence-corrected chi connectivity index (χ0v) is 25.3. The van der Waals surface area contributed by atoms with Crippen molar-refractivity contribution in [1.29, 1.82) is 0 Å². The lowest BCUT2D eigenvalue weighted by Crippen LogP contribution is -2.40. The maximum absolute atomic E-state index is 14.1. The van der Waals surface area contributed by atoms with Crippen LogP contribution in [0.25, 0.3) is 28.0 Å². The Balaban J connectivity index is 1.33. The molecule has 6 rings (SSSR count). The van der Waals surface area contributed by atoms with Gasteiger partial charge in [-0.05, 0) is 55.7 Å². The Labute approximate surface area is 257 Å². The molecule has 3 aromatic heterocycles. The van der Waals surface area contributed by atoms with Gasteiger partial charge in [0.05, 0.1) is 28.9 Å². The molecule has 1 aliphatic rings. The number of aryl methyl sites for hydroxylation is 1. The smallest absolute Gasteiger partial charge is 0.320 e. The Kier molecular flexibility index (Phi) is 8.21. The number of ether oxygens (including phenoxy) is 2. The van der Waals surface area contributed by atoms with E-state index in [1.165, 1.54) is 10.7 Å². The van der Waals surface area contributed by atoms with Crippen LogP contribution in [0.5, 0.6) is 0 Å². The summed E-state index contributed by atoms with van der Waals surface area (Å²) in [6.45, 7) is 2.27. The third kappa shape index (κ3) is 5.71. The highest BCUT2D eigenvalue weighted by Gasteiger charge is 2.37. The number of hydrogen-bond donors (Lipinski definition) is 2. The number of benzene rings is 2. The third-order valence-corrected chi connectivity index (χ3v) is 8.23. The van der Waals surface area contributed by atoms with E-state index in [1.54, 1.807) is 42.8 Å². The molecule has 0 bridgehead atoms. The van der Waals surface area contributed by atoms with E-state index in [9.17, 15) is 18.4 Å². The van der Waals surface area contributed by atoms with E-state index in [0.717, 1.165) is 12.1 Å². The molecular weight excluding hydrogens is 584 g/mol. The van der Waals surface area contributed by atoms with Crippen LogP contribution in [0.3, 0.4) is 0 Å². The Morgan fingerprint density at radius 2 is 1.87 bits per heavy atom. The van der Waals surface area contributed by atoms with E-state index < -0.39 is 29.8 Å². The average Bonchev–Trinajstić information content (AvgIpc) is 3.66. The number of amides is 2. The largest absolute Gasteiger partial charge is 0.385 e. The molecule has 3 atom stereocenters. The lowest BCUT2D eigenvalue weighted by molar-refractivity contribution is 0.0210. The van der Waals surface area contributed by atoms with Crippen LogP contribution < -0.4 is 16.2 Å². The fourth-order valence-corrected chi connectivity index (χ4v) is 5.77. The highest BCUT2D eigenvalue weighted by Crippen LogP contribution is 2.36. The molecule has 1 fully saturated rings. The van der Waals surface area contributed by atoms with Gasteiger partial charge in [-0.1, -0.05) is 24.3 Å². The molecule has 1 saturated heterocycles. The molecule has 2 amide bonds. The van der Waals surface area contributed by atoms with Gasteiger partial charge in [-0.15, -0.1) is 0 Å². The molecule has 5 aromatic rings. The molecule has 0 spiro atoms. The van der Waals surface area contributed by atoms with Gasteiger partial charge in [0.1, 0.15) is 11.9 Å². The van der Waals surface area contributed by atoms with Crippen molar-refractivity contribution in [3.63, 3.8) is 0 Å². The molecule has 0 saturated carbocycles. The summed E-state index contributed by atoms with van der Waals surface area (Å²) in [5.74, 6) is -1.54. The quantitative estimate of drug-likeness (QED) is 0.259. The van der Waals surface area contributed by atoms with E-state index in [0.29, 0.717) is 64.4 Å². The summed E-state index contributed by atoms with van der Waals surface area (Å²) >= 11 is 0. The first-order chi connectivity index (χ1) is 21.7. The Morgan fingerprint density at radius 1 is 1.09 bits per heavy atom. The summed E-state index contributed by atoms with van der Waals surface area (Å²) in [4.78, 5) is 30.9. The number of hydrogen-bond acceptors (Lipinski definition) is 6. The van der Waals surface area contributed by atoms with Crippen LogP contribution in [0.15, 0.2) is 65.6 Å². The number of fused-ring (bicyclic) bond motifs is 1. The van der Waals surface area contributed by atoms with Gasteiger partial charge in [0.15, 0.2) is 17.3 Å². The Morgan fingerprint density at radius 3 is 2.60 bits per heavy atom. The molecule has 234 valence electrons. The normalized spacial score (nSPS) is 18.0. The zero-order valence-electron chi connectivity index (χ0n) is 25.3. The molecule has 0 unspecified atom stereocenters. The number of nitrogens with one attached hydrogen (secondary N) is 2. The molecule has 1 aliphatic heterocycles. The summed E-state index contributed by atoms with van der Waals surface area (Å²) in [6.07, 6.45) is 1.71. The number of carbonyl (C=O) groups is 1. The van der Waals surface area contributed by atoms with Crippen molar-refractivity contribution in [3.05, 3.63) is 93.9 Å². The van der Waals surface area contributed by atoms with Crippen molar-refractivity contribution < 1.29 is 23.0 Å². The monoisotopic (exact) mass is 617 g/mol. The lowest BCUT2D eigenvalue weighted by Gasteiger charge is -2.21. The summed E-state index contributed by atoms with van der Waals surface area (Å²) < 4.78 is 44.0. The molecule has 13 heteroatoms. The first-order valence-electron chi connectivity index (χ1n) is 14.5. The topological polar surface area (TPSA) is 117 Å². The SMILES string of the molecule is COCC[C@@H]1C[C@@H](NC(=O)Nc2c(C)c(-c3cnc4c(c3)c(=O)n(C)n4C)nn2-c2ccccc2)[C@H](c2ccc(F)c(F)c2)O1. The van der Waals surface area contributed by atoms with Crippen LogP contribution in [0, 0.1) is 18.6 Å². The number of anilines is 1. The summed E-state index contributed by atoms with van der Waals surface area (Å²) in [7, 11) is 5.02. The second-order valence-corrected chi connectivity index (χ2v) is 11.1. The number of rotatable bonds is 8. The minimum absolute atomic E-state index is 0.183. The van der Waals surface area contributed by atoms with Crippen LogP contribution in [0.2, 0.25) is 0 Å². The fourth-order valence-electron chi connectivity index (χ4n) is 5.77. The molecule has 0 aliphatic carbocycles. The standard InChI is InChI=1S/C32H33F2N7O4/c1-18-27(20-14-23-30(35-17-20)39(2)40(3)31(23)42)38-41(21-8-6-5-7-9-21)29(18)37-32(43)36-26-16-22(12-13-44-4)45-28(26)19-10-11-24(33)25(34)15-19/h5-11,14-15,17,22,26,28H,12-13,16H2,1-4H3,(H2,36,37,43)/t22-,26-,28+/m1/s1. The number of aromatic nitrogens is 5. The van der Waals surface area contributed by atoms with Crippen molar-refractivity contribution in [2.75, 3.05) is 19.0 Å². The maximum Gasteiger partial charge on any atom is 0.320 e. The highest BCUT2D eigenvalue weighted by molar-refractivity contribution is 5.91. The van der Waals surface area contributed by atoms with Crippen LogP contribution in [-0.2, 0) is 23.6 Å². The minimum Gasteiger partial charge on any atom is -0.385 e. The van der Waals surface area contributed by atoms with Gasteiger partial charge in [0.25, 0.3) is 5.56 Å². The predicted molar refractivity (Wildman–Crippen MR) is 164 cm³/mol. The molecule has 11 nitrogen and oxygen atoms in total. The fraction of sp³-hybridized carbons (Fsp3) is 0.312. The van der Waals surface area contributed by atoms with Crippen LogP contribution in [0.4, 0.5) is 19.4 Å². The maximum atomic E-state index is 14.1. The van der Waals surface area contributed by atoms with Crippen LogP contribution in [0.1, 0.15) is 30.1 Å². The minimum atomic E-state index is -0.990. The number of methoxy groups -OCH3 is 1. The highest BCUT2D eigenvalue weighted by atomic mass is 19.2. The molecule has 2 N–H and O–H groups in total. The average molecular weight is 618 g/mol. The van der Waals surface area contributed by atoms with Gasteiger partial charge in [-0.2, -0.15) is 5.10 Å². The molecule has 2 aromatic carbocycles. The number of pyridine rings is 1. The number of carbonyl (C=O) groups excluding carboxylic acids is 1. The number of para-hydroxylation sites is 1. The summed E-state index contributed by atoms with van der Waals surface area (Å²) in [6, 6.07) is 13.6. The Bertz CT molecular complexity index is 1940. The Hall–Kier alpha value is -4.88. The van der Waals surface area contributed by atoms with Gasteiger partial charge < -0.3 is 14.8 Å². The summed E-state index contributed by atoms with van der Waals surface area (Å²) in [5.41, 5.74) is 3.29. The zero-order chi connectivity index (χ0) is 31.8. The molecular formula is C32H33F2N7O4.